The van der Waals surface area contributed by atoms with Crippen LogP contribution < -0.4 is 29.6 Å². The molecular weight excluding hydrogens is 656 g/mol. The Kier molecular flexibility index (Phi) is 9.93. The molecular formula is C40H56N8O4. The van der Waals surface area contributed by atoms with Gasteiger partial charge in [0.15, 0.2) is 23.0 Å². The number of rotatable bonds is 6. The number of aromatic amines is 2. The summed E-state index contributed by atoms with van der Waals surface area (Å²) in [6.45, 7) is 16.4. The zero-order chi connectivity index (χ0) is 35.0. The van der Waals surface area contributed by atoms with E-state index in [2.05, 4.69) is 78.6 Å². The van der Waals surface area contributed by atoms with Gasteiger partial charge in [-0.05, 0) is 76.1 Å². The van der Waals surface area contributed by atoms with E-state index >= 15 is 0 Å². The highest BCUT2D eigenvalue weighted by molar-refractivity contribution is 5.89. The summed E-state index contributed by atoms with van der Waals surface area (Å²) in [7, 11) is 4.42. The fourth-order valence-corrected chi connectivity index (χ4v) is 8.95. The molecule has 6 aliphatic heterocycles. The molecule has 0 radical (unpaired) electrons. The van der Waals surface area contributed by atoms with Gasteiger partial charge in [0.05, 0.1) is 0 Å². The van der Waals surface area contributed by atoms with Crippen molar-refractivity contribution in [2.45, 2.75) is 37.8 Å². The minimum atomic E-state index is 0.407. The van der Waals surface area contributed by atoms with Gasteiger partial charge < -0.3 is 59.1 Å². The number of hydrogen-bond donors (Lipinski definition) is 4. The standard InChI is InChI=1S/2C20H28N4O2/c2*1-23-6-8-24(9-7-23)5-3-16-20-14(2-4-21-16)15-12-18-19(13-17(15)22-20)26-11-10-25-18/h2*12-13,16,21-22H,2-11H2,1H3/t2*16-/m10/s1. The number of piperazine rings is 2. The van der Waals surface area contributed by atoms with Crippen LogP contribution in [0.2, 0.25) is 0 Å². The number of nitrogens with one attached hydrogen (secondary N) is 4. The van der Waals surface area contributed by atoms with Crippen molar-refractivity contribution in [1.82, 2.24) is 40.2 Å². The molecule has 280 valence electrons. The highest BCUT2D eigenvalue weighted by Gasteiger charge is 2.28. The Labute approximate surface area is 307 Å². The number of aromatic nitrogens is 2. The second-order valence-corrected chi connectivity index (χ2v) is 15.5. The molecule has 2 aromatic carbocycles. The number of H-pyrrole nitrogens is 2. The Hall–Kier alpha value is -3.52. The predicted molar refractivity (Wildman–Crippen MR) is 205 cm³/mol. The molecule has 0 saturated carbocycles. The first-order valence-electron chi connectivity index (χ1n) is 19.7. The average molecular weight is 713 g/mol. The van der Waals surface area contributed by atoms with Gasteiger partial charge in [-0.25, -0.2) is 0 Å². The lowest BCUT2D eigenvalue weighted by atomic mass is 9.97. The molecule has 0 unspecified atom stereocenters. The average Bonchev–Trinajstić information content (AvgIpc) is 3.74. The molecule has 10 rings (SSSR count). The molecule has 2 fully saturated rings. The summed E-state index contributed by atoms with van der Waals surface area (Å²) in [4.78, 5) is 17.4. The molecule has 12 nitrogen and oxygen atoms in total. The van der Waals surface area contributed by atoms with Crippen LogP contribution >= 0.6 is 0 Å². The van der Waals surface area contributed by atoms with Crippen LogP contribution in [0.15, 0.2) is 24.3 Å². The third-order valence-corrected chi connectivity index (χ3v) is 12.1. The molecule has 2 saturated heterocycles. The second-order valence-electron chi connectivity index (χ2n) is 15.5. The number of hydrogen-bond acceptors (Lipinski definition) is 10. The van der Waals surface area contributed by atoms with Crippen molar-refractivity contribution in [2.75, 3.05) is 119 Å². The van der Waals surface area contributed by atoms with E-state index in [-0.39, 0.29) is 0 Å². The molecule has 2 atom stereocenters. The van der Waals surface area contributed by atoms with Gasteiger partial charge in [-0.2, -0.15) is 0 Å². The van der Waals surface area contributed by atoms with Crippen molar-refractivity contribution < 1.29 is 18.9 Å². The summed E-state index contributed by atoms with van der Waals surface area (Å²) in [5.74, 6) is 3.50. The molecule has 2 aromatic heterocycles. The van der Waals surface area contributed by atoms with E-state index in [1.54, 1.807) is 0 Å². The Morgan fingerprint density at radius 3 is 1.33 bits per heavy atom. The summed E-state index contributed by atoms with van der Waals surface area (Å²) < 4.78 is 23.1. The zero-order valence-corrected chi connectivity index (χ0v) is 31.0. The molecule has 12 heteroatoms. The number of ether oxygens (including phenoxy) is 4. The third kappa shape index (κ3) is 7.09. The Morgan fingerprint density at radius 1 is 0.538 bits per heavy atom. The predicted octanol–water partition coefficient (Wildman–Crippen LogP) is 3.53. The van der Waals surface area contributed by atoms with E-state index < -0.39 is 0 Å². The first-order valence-corrected chi connectivity index (χ1v) is 19.7. The summed E-state index contributed by atoms with van der Waals surface area (Å²) in [6.07, 6.45) is 4.44. The molecule has 0 amide bonds. The summed E-state index contributed by atoms with van der Waals surface area (Å²) >= 11 is 0. The Morgan fingerprint density at radius 2 is 0.923 bits per heavy atom. The van der Waals surface area contributed by atoms with Crippen LogP contribution in [-0.4, -0.2) is 149 Å². The molecule has 0 bridgehead atoms. The topological polar surface area (TPSA) is 106 Å². The monoisotopic (exact) mass is 712 g/mol. The van der Waals surface area contributed by atoms with Crippen LogP contribution in [0.3, 0.4) is 0 Å². The van der Waals surface area contributed by atoms with Gasteiger partial charge in [0.1, 0.15) is 26.4 Å². The maximum atomic E-state index is 5.79. The Bertz CT molecular complexity index is 1720. The SMILES string of the molecule is CN1CCN(CC[C@@H]2NCCc3c2[nH]c2cc4c(cc32)OCCO4)CC1.CN1CCN(CC[C@H]2NCCc3c2[nH]c2cc4c(cc32)OCCO4)CC1. The fraction of sp³-hybridized carbons (Fsp3) is 0.600. The smallest absolute Gasteiger partial charge is 0.163 e. The van der Waals surface area contributed by atoms with Crippen molar-refractivity contribution in [3.05, 3.63) is 46.8 Å². The lowest BCUT2D eigenvalue weighted by molar-refractivity contribution is 0.148. The van der Waals surface area contributed by atoms with Crippen LogP contribution in [0.4, 0.5) is 0 Å². The molecule has 8 heterocycles. The normalized spacial score (nSPS) is 24.0. The molecule has 6 aliphatic rings. The van der Waals surface area contributed by atoms with Crippen LogP contribution in [0.1, 0.15) is 47.4 Å². The van der Waals surface area contributed by atoms with Crippen LogP contribution in [0, 0.1) is 0 Å². The lowest BCUT2D eigenvalue weighted by Crippen LogP contribution is -2.45. The van der Waals surface area contributed by atoms with Crippen LogP contribution in [0.5, 0.6) is 23.0 Å². The van der Waals surface area contributed by atoms with Crippen molar-refractivity contribution in [3.63, 3.8) is 0 Å². The third-order valence-electron chi connectivity index (χ3n) is 12.1. The van der Waals surface area contributed by atoms with E-state index in [1.807, 2.05) is 0 Å². The van der Waals surface area contributed by atoms with Gasteiger partial charge in [-0.3, -0.25) is 0 Å². The molecule has 4 N–H and O–H groups in total. The molecule has 4 aromatic rings. The number of likely N-dealkylation sites (N-methyl/N-ethyl adjacent to an activating group) is 2. The zero-order valence-electron chi connectivity index (χ0n) is 31.0. The minimum absolute atomic E-state index is 0.407. The van der Waals surface area contributed by atoms with E-state index in [1.165, 1.54) is 96.7 Å². The summed E-state index contributed by atoms with van der Waals surface area (Å²) in [5.41, 5.74) is 7.99. The molecule has 52 heavy (non-hydrogen) atoms. The van der Waals surface area contributed by atoms with Crippen molar-refractivity contribution in [2.24, 2.45) is 0 Å². The van der Waals surface area contributed by atoms with Gasteiger partial charge >= 0.3 is 0 Å². The number of nitrogens with zero attached hydrogens (tertiary/aromatic N) is 4. The van der Waals surface area contributed by atoms with E-state index in [4.69, 9.17) is 18.9 Å². The molecule has 0 aliphatic carbocycles. The van der Waals surface area contributed by atoms with E-state index in [0.29, 0.717) is 38.5 Å². The maximum absolute atomic E-state index is 5.79. The Balaban J connectivity index is 0.000000138. The largest absolute Gasteiger partial charge is 0.486 e. The molecule has 0 spiro atoms. The quantitative estimate of drug-likeness (QED) is 0.238. The number of fused-ring (bicyclic) bond motifs is 8. The fourth-order valence-electron chi connectivity index (χ4n) is 8.95. The van der Waals surface area contributed by atoms with Gasteiger partial charge in [-0.15, -0.1) is 0 Å². The summed E-state index contributed by atoms with van der Waals surface area (Å²) in [6, 6.07) is 9.37. The van der Waals surface area contributed by atoms with Crippen LogP contribution in [-0.2, 0) is 12.8 Å². The lowest BCUT2D eigenvalue weighted by Gasteiger charge is -2.34. The number of benzene rings is 2. The first-order chi connectivity index (χ1) is 25.6. The van der Waals surface area contributed by atoms with E-state index in [9.17, 15) is 0 Å². The summed E-state index contributed by atoms with van der Waals surface area (Å²) in [5, 5.41) is 10.0. The highest BCUT2D eigenvalue weighted by Crippen LogP contribution is 2.41. The van der Waals surface area contributed by atoms with Crippen molar-refractivity contribution in [1.29, 1.82) is 0 Å². The van der Waals surface area contributed by atoms with Gasteiger partial charge in [0.25, 0.3) is 0 Å². The van der Waals surface area contributed by atoms with Crippen molar-refractivity contribution >= 4 is 21.8 Å². The highest BCUT2D eigenvalue weighted by atomic mass is 16.6. The van der Waals surface area contributed by atoms with Crippen LogP contribution in [0.25, 0.3) is 21.8 Å². The second kappa shape index (κ2) is 15.1. The van der Waals surface area contributed by atoms with E-state index in [0.717, 1.165) is 74.9 Å². The first kappa shape index (κ1) is 34.3. The van der Waals surface area contributed by atoms with Gasteiger partial charge in [-0.1, -0.05) is 0 Å². The van der Waals surface area contributed by atoms with Crippen molar-refractivity contribution in [3.8, 4) is 23.0 Å². The minimum Gasteiger partial charge on any atom is -0.486 e. The van der Waals surface area contributed by atoms with Gasteiger partial charge in [0, 0.05) is 123 Å². The maximum Gasteiger partial charge on any atom is 0.163 e. The van der Waals surface area contributed by atoms with Gasteiger partial charge in [0.2, 0.25) is 0 Å².